The van der Waals surface area contributed by atoms with Crippen molar-refractivity contribution in [1.82, 2.24) is 25.1 Å². The Kier molecular flexibility index (Phi) is 6.70. The van der Waals surface area contributed by atoms with Crippen molar-refractivity contribution < 1.29 is 22.8 Å². The normalized spacial score (nSPS) is 15.0. The highest BCUT2D eigenvalue weighted by atomic mass is 32.2. The molecule has 0 unspecified atom stereocenters. The molecule has 1 saturated heterocycles. The van der Waals surface area contributed by atoms with Gasteiger partial charge in [0, 0.05) is 24.4 Å². The number of likely N-dealkylation sites (tertiary alicyclic amines) is 1. The van der Waals surface area contributed by atoms with Crippen LogP contribution in [0.15, 0.2) is 34.8 Å². The maximum absolute atomic E-state index is 13.3. The van der Waals surface area contributed by atoms with E-state index in [1.807, 2.05) is 6.26 Å². The number of thiazole rings is 1. The summed E-state index contributed by atoms with van der Waals surface area (Å²) >= 11 is 2.68. The van der Waals surface area contributed by atoms with Gasteiger partial charge in [0.05, 0.1) is 16.1 Å². The number of aromatic amines is 1. The summed E-state index contributed by atoms with van der Waals surface area (Å²) < 4.78 is 39.8. The molecule has 0 spiro atoms. The number of carbonyl (C=O) groups is 2. The maximum Gasteiger partial charge on any atom is 0.417 e. The Labute approximate surface area is 195 Å². The molecule has 174 valence electrons. The number of amides is 2. The Morgan fingerprint density at radius 1 is 1.21 bits per heavy atom. The molecule has 1 aliphatic heterocycles. The lowest BCUT2D eigenvalue weighted by Crippen LogP contribution is -2.38. The number of hydrogen-bond acceptors (Lipinski definition) is 7. The molecule has 13 heteroatoms. The molecular weight excluding hydrogens is 477 g/mol. The lowest BCUT2D eigenvalue weighted by molar-refractivity contribution is -0.138. The minimum atomic E-state index is -4.59. The zero-order valence-corrected chi connectivity index (χ0v) is 19.0. The second-order valence-corrected chi connectivity index (χ2v) is 8.97. The number of nitrogens with zero attached hydrogens (tertiary/aromatic N) is 4. The number of thioether (sulfide) groups is 1. The van der Waals surface area contributed by atoms with Crippen molar-refractivity contribution in [2.24, 2.45) is 0 Å². The first-order chi connectivity index (χ1) is 15.8. The number of aromatic nitrogens is 4. The molecule has 0 saturated carbocycles. The van der Waals surface area contributed by atoms with E-state index in [1.54, 1.807) is 5.38 Å². The summed E-state index contributed by atoms with van der Waals surface area (Å²) in [6.07, 6.45) is -1.68. The Morgan fingerprint density at radius 3 is 2.61 bits per heavy atom. The summed E-state index contributed by atoms with van der Waals surface area (Å²) in [5.74, 6) is -0.799. The third-order valence-electron chi connectivity index (χ3n) is 5.23. The number of H-pyrrole nitrogens is 1. The zero-order valence-electron chi connectivity index (χ0n) is 17.3. The average Bonchev–Trinajstić information content (AvgIpc) is 3.48. The van der Waals surface area contributed by atoms with E-state index >= 15 is 0 Å². The fourth-order valence-electron chi connectivity index (χ4n) is 3.56. The standard InChI is InChI=1S/C20H19F3N6O2S2/c1-32-19-26-18(27-28-19)25-15(30)14-10-33-16(24-14)11-6-8-29(9-7-11)17(31)12-4-2-3-5-13(12)20(21,22)23/h2-5,10-11H,6-9H2,1H3,(H2,25,26,27,28,30). The molecule has 1 fully saturated rings. The minimum Gasteiger partial charge on any atom is -0.339 e. The van der Waals surface area contributed by atoms with Crippen LogP contribution in [-0.2, 0) is 6.18 Å². The third-order valence-corrected chi connectivity index (χ3v) is 6.78. The minimum absolute atomic E-state index is 0.0202. The summed E-state index contributed by atoms with van der Waals surface area (Å²) in [6.45, 7) is 0.624. The number of rotatable bonds is 5. The van der Waals surface area contributed by atoms with Gasteiger partial charge in [0.1, 0.15) is 5.69 Å². The van der Waals surface area contributed by atoms with Crippen molar-refractivity contribution in [1.29, 1.82) is 0 Å². The molecule has 8 nitrogen and oxygen atoms in total. The summed E-state index contributed by atoms with van der Waals surface area (Å²) in [5, 5.41) is 12.1. The molecule has 0 radical (unpaired) electrons. The van der Waals surface area contributed by atoms with E-state index < -0.39 is 23.6 Å². The zero-order chi connectivity index (χ0) is 23.6. The number of halogens is 3. The lowest BCUT2D eigenvalue weighted by Gasteiger charge is -2.31. The van der Waals surface area contributed by atoms with Crippen LogP contribution in [0.1, 0.15) is 50.2 Å². The summed E-state index contributed by atoms with van der Waals surface area (Å²) in [4.78, 5) is 35.1. The Morgan fingerprint density at radius 2 is 1.94 bits per heavy atom. The number of nitrogens with one attached hydrogen (secondary N) is 2. The molecule has 3 aromatic rings. The highest BCUT2D eigenvalue weighted by Crippen LogP contribution is 2.34. The van der Waals surface area contributed by atoms with Crippen LogP contribution in [0.25, 0.3) is 0 Å². The third kappa shape index (κ3) is 5.19. The summed E-state index contributed by atoms with van der Waals surface area (Å²) in [7, 11) is 0. The van der Waals surface area contributed by atoms with Gasteiger partial charge in [0.2, 0.25) is 11.1 Å². The first-order valence-electron chi connectivity index (χ1n) is 9.95. The van der Waals surface area contributed by atoms with Gasteiger partial charge in [-0.25, -0.2) is 10.1 Å². The SMILES string of the molecule is CSc1n[nH]c(NC(=O)c2csc(C3CCN(C(=O)c4ccccc4C(F)(F)F)CC3)n2)n1. The van der Waals surface area contributed by atoms with Crippen molar-refractivity contribution >= 4 is 40.9 Å². The smallest absolute Gasteiger partial charge is 0.339 e. The summed E-state index contributed by atoms with van der Waals surface area (Å²) in [6, 6.07) is 4.83. The van der Waals surface area contributed by atoms with Crippen LogP contribution in [0.3, 0.4) is 0 Å². The van der Waals surface area contributed by atoms with Crippen molar-refractivity contribution in [2.75, 3.05) is 24.7 Å². The number of benzene rings is 1. The molecule has 2 amide bonds. The molecule has 4 rings (SSSR count). The Hall–Kier alpha value is -2.93. The van der Waals surface area contributed by atoms with Crippen LogP contribution in [-0.4, -0.2) is 56.2 Å². The number of carbonyl (C=O) groups excluding carboxylic acids is 2. The molecule has 0 bridgehead atoms. The van der Waals surface area contributed by atoms with Gasteiger partial charge in [-0.2, -0.15) is 18.2 Å². The number of hydrogen-bond donors (Lipinski definition) is 2. The molecule has 0 aliphatic carbocycles. The van der Waals surface area contributed by atoms with Crippen LogP contribution in [0.4, 0.5) is 19.1 Å². The molecular formula is C20H19F3N6O2S2. The lowest BCUT2D eigenvalue weighted by atomic mass is 9.96. The fourth-order valence-corrected chi connectivity index (χ4v) is 4.85. The largest absolute Gasteiger partial charge is 0.417 e. The highest BCUT2D eigenvalue weighted by molar-refractivity contribution is 7.98. The van der Waals surface area contributed by atoms with E-state index in [2.05, 4.69) is 25.5 Å². The van der Waals surface area contributed by atoms with E-state index in [0.717, 1.165) is 11.1 Å². The van der Waals surface area contributed by atoms with E-state index in [0.29, 0.717) is 31.1 Å². The number of anilines is 1. The van der Waals surface area contributed by atoms with Crippen LogP contribution in [0, 0.1) is 0 Å². The monoisotopic (exact) mass is 496 g/mol. The molecule has 2 aromatic heterocycles. The highest BCUT2D eigenvalue weighted by Gasteiger charge is 2.36. The fraction of sp³-hybridized carbons (Fsp3) is 0.350. The van der Waals surface area contributed by atoms with Crippen molar-refractivity contribution in [3.63, 3.8) is 0 Å². The van der Waals surface area contributed by atoms with Gasteiger partial charge in [-0.05, 0) is 31.2 Å². The number of alkyl halides is 3. The Balaban J connectivity index is 1.37. The van der Waals surface area contributed by atoms with Crippen molar-refractivity contribution in [3.8, 4) is 0 Å². The van der Waals surface area contributed by atoms with Gasteiger partial charge in [-0.3, -0.25) is 14.9 Å². The van der Waals surface area contributed by atoms with E-state index in [9.17, 15) is 22.8 Å². The molecule has 1 aromatic carbocycles. The van der Waals surface area contributed by atoms with Crippen LogP contribution < -0.4 is 5.32 Å². The molecule has 33 heavy (non-hydrogen) atoms. The van der Waals surface area contributed by atoms with Crippen LogP contribution >= 0.6 is 23.1 Å². The summed E-state index contributed by atoms with van der Waals surface area (Å²) in [5.41, 5.74) is -1.02. The molecule has 2 N–H and O–H groups in total. The average molecular weight is 497 g/mol. The molecule has 0 atom stereocenters. The maximum atomic E-state index is 13.3. The predicted molar refractivity (Wildman–Crippen MR) is 118 cm³/mol. The van der Waals surface area contributed by atoms with Crippen molar-refractivity contribution in [3.05, 3.63) is 51.5 Å². The van der Waals surface area contributed by atoms with Crippen molar-refractivity contribution in [2.45, 2.75) is 30.1 Å². The second kappa shape index (κ2) is 9.51. The second-order valence-electron chi connectivity index (χ2n) is 7.31. The first kappa shape index (κ1) is 23.2. The van der Waals surface area contributed by atoms with E-state index in [1.165, 1.54) is 46.2 Å². The molecule has 3 heterocycles. The van der Waals surface area contributed by atoms with Gasteiger partial charge >= 0.3 is 6.18 Å². The van der Waals surface area contributed by atoms with E-state index in [4.69, 9.17) is 0 Å². The number of piperidine rings is 1. The van der Waals surface area contributed by atoms with Crippen LogP contribution in [0.5, 0.6) is 0 Å². The van der Waals surface area contributed by atoms with E-state index in [-0.39, 0.29) is 23.1 Å². The quantitative estimate of drug-likeness (QED) is 0.511. The van der Waals surface area contributed by atoms with Gasteiger partial charge < -0.3 is 4.90 Å². The molecule has 1 aliphatic rings. The first-order valence-corrected chi connectivity index (χ1v) is 12.1. The van der Waals surface area contributed by atoms with Gasteiger partial charge in [-0.15, -0.1) is 16.4 Å². The Bertz CT molecular complexity index is 1150. The predicted octanol–water partition coefficient (Wildman–Crippen LogP) is 4.27. The van der Waals surface area contributed by atoms with Gasteiger partial charge in [-0.1, -0.05) is 23.9 Å². The van der Waals surface area contributed by atoms with Gasteiger partial charge in [0.25, 0.3) is 11.8 Å². The topological polar surface area (TPSA) is 104 Å². The van der Waals surface area contributed by atoms with Crippen LogP contribution in [0.2, 0.25) is 0 Å². The van der Waals surface area contributed by atoms with Gasteiger partial charge in [0.15, 0.2) is 0 Å².